The lowest BCUT2D eigenvalue weighted by Gasteiger charge is -2.08. The zero-order valence-corrected chi connectivity index (χ0v) is 16.3. The Hall–Kier alpha value is -3.48. The maximum Gasteiger partial charge on any atom is 0.269 e. The van der Waals surface area contributed by atoms with Crippen LogP contribution in [0.3, 0.4) is 0 Å². The number of carbonyl (C=O) groups is 1. The summed E-state index contributed by atoms with van der Waals surface area (Å²) < 4.78 is 0. The molecule has 0 aliphatic rings. The summed E-state index contributed by atoms with van der Waals surface area (Å²) in [4.78, 5) is 22.1. The predicted octanol–water partition coefficient (Wildman–Crippen LogP) is 4.02. The number of thiophene rings is 2. The maximum atomic E-state index is 12.8. The van der Waals surface area contributed by atoms with Crippen LogP contribution in [0, 0.1) is 18.3 Å². The lowest BCUT2D eigenvalue weighted by molar-refractivity contribution is 0.103. The van der Waals surface area contributed by atoms with Gasteiger partial charge in [0.25, 0.3) is 5.91 Å². The first-order valence-electron chi connectivity index (χ1n) is 8.17. The molecule has 9 heteroatoms. The molecule has 0 radical (unpaired) electrons. The van der Waals surface area contributed by atoms with Crippen LogP contribution in [0.5, 0.6) is 0 Å². The van der Waals surface area contributed by atoms with Gasteiger partial charge in [-0.3, -0.25) is 4.79 Å². The van der Waals surface area contributed by atoms with E-state index < -0.39 is 0 Å². The van der Waals surface area contributed by atoms with Crippen molar-refractivity contribution in [1.82, 2.24) is 9.97 Å². The fourth-order valence-electron chi connectivity index (χ4n) is 2.92. The second-order valence-corrected chi connectivity index (χ2v) is 7.85. The molecule has 0 atom stereocenters. The number of nitrogens with two attached hydrogens (primary N) is 2. The number of nitrogens with zero attached hydrogens (tertiary/aromatic N) is 3. The molecule has 4 rings (SSSR count). The zero-order valence-electron chi connectivity index (χ0n) is 14.7. The number of fused-ring (bicyclic) bond motifs is 1. The number of anilines is 3. The van der Waals surface area contributed by atoms with E-state index in [1.807, 2.05) is 29.8 Å². The quantitative estimate of drug-likeness (QED) is 0.471. The average Bonchev–Trinajstić information content (AvgIpc) is 3.29. The number of nitrogen functional groups attached to an aromatic ring is 2. The molecule has 0 unspecified atom stereocenters. The molecular formula is C19H14N6OS2. The Morgan fingerprint density at radius 2 is 2.14 bits per heavy atom. The van der Waals surface area contributed by atoms with Crippen molar-refractivity contribution in [3.05, 3.63) is 51.2 Å². The Morgan fingerprint density at radius 3 is 2.82 bits per heavy atom. The highest BCUT2D eigenvalue weighted by Crippen LogP contribution is 2.43. The number of aryl methyl sites for hydroxylation is 1. The van der Waals surface area contributed by atoms with Crippen molar-refractivity contribution >= 4 is 56.1 Å². The lowest BCUT2D eigenvalue weighted by Crippen LogP contribution is -2.13. The summed E-state index contributed by atoms with van der Waals surface area (Å²) in [6.45, 7) is 1.91. The molecule has 4 heterocycles. The first kappa shape index (κ1) is 17.9. The summed E-state index contributed by atoms with van der Waals surface area (Å²) in [6.07, 6.45) is 1.62. The molecule has 0 bridgehead atoms. The van der Waals surface area contributed by atoms with Crippen molar-refractivity contribution in [3.8, 4) is 17.2 Å². The molecule has 1 amide bonds. The summed E-state index contributed by atoms with van der Waals surface area (Å²) in [7, 11) is 0. The van der Waals surface area contributed by atoms with Crippen molar-refractivity contribution in [1.29, 1.82) is 5.26 Å². The Balaban J connectivity index is 1.88. The number of pyridine rings is 2. The van der Waals surface area contributed by atoms with Gasteiger partial charge in [0.05, 0.1) is 5.69 Å². The largest absolute Gasteiger partial charge is 0.397 e. The number of carbonyl (C=O) groups excluding carboxylic acids is 1. The highest BCUT2D eigenvalue weighted by molar-refractivity contribution is 7.21. The van der Waals surface area contributed by atoms with Gasteiger partial charge >= 0.3 is 0 Å². The summed E-state index contributed by atoms with van der Waals surface area (Å²) >= 11 is 2.63. The van der Waals surface area contributed by atoms with E-state index in [4.69, 9.17) is 11.5 Å². The van der Waals surface area contributed by atoms with Gasteiger partial charge in [-0.05, 0) is 47.0 Å². The van der Waals surface area contributed by atoms with Crippen LogP contribution < -0.4 is 16.8 Å². The molecule has 4 aromatic heterocycles. The van der Waals surface area contributed by atoms with Crippen molar-refractivity contribution < 1.29 is 4.79 Å². The van der Waals surface area contributed by atoms with Gasteiger partial charge in [-0.1, -0.05) is 0 Å². The molecule has 0 fully saturated rings. The van der Waals surface area contributed by atoms with Crippen LogP contribution in [0.1, 0.15) is 20.8 Å². The first-order valence-corrected chi connectivity index (χ1v) is 9.93. The number of rotatable bonds is 3. The molecule has 0 aliphatic heterocycles. The monoisotopic (exact) mass is 406 g/mol. The lowest BCUT2D eigenvalue weighted by atomic mass is 9.99. The molecule has 0 aliphatic carbocycles. The molecular weight excluding hydrogens is 392 g/mol. The summed E-state index contributed by atoms with van der Waals surface area (Å²) in [5.41, 5.74) is 15.3. The highest BCUT2D eigenvalue weighted by atomic mass is 32.1. The number of amides is 1. The topological polar surface area (TPSA) is 131 Å². The molecule has 7 nitrogen and oxygen atoms in total. The van der Waals surface area contributed by atoms with E-state index in [0.29, 0.717) is 26.5 Å². The van der Waals surface area contributed by atoms with E-state index in [2.05, 4.69) is 21.4 Å². The summed E-state index contributed by atoms with van der Waals surface area (Å²) in [5.74, 6) is 0.168. The average molecular weight is 406 g/mol. The van der Waals surface area contributed by atoms with Crippen LogP contribution in [0.2, 0.25) is 0 Å². The minimum absolute atomic E-state index is 0.116. The number of aromatic nitrogens is 2. The Labute approximate surface area is 168 Å². The highest BCUT2D eigenvalue weighted by Gasteiger charge is 2.24. The third-order valence-corrected chi connectivity index (χ3v) is 5.97. The molecule has 28 heavy (non-hydrogen) atoms. The van der Waals surface area contributed by atoms with E-state index in [1.165, 1.54) is 11.3 Å². The number of nitrogens with one attached hydrogen (secondary N) is 1. The molecule has 138 valence electrons. The smallest absolute Gasteiger partial charge is 0.269 e. The Morgan fingerprint density at radius 1 is 1.32 bits per heavy atom. The fourth-order valence-corrected chi connectivity index (χ4v) is 4.58. The molecule has 0 aromatic carbocycles. The molecule has 0 saturated heterocycles. The molecule has 4 aromatic rings. The van der Waals surface area contributed by atoms with E-state index in [0.717, 1.165) is 22.5 Å². The van der Waals surface area contributed by atoms with Crippen LogP contribution >= 0.6 is 22.7 Å². The third kappa shape index (κ3) is 2.94. The van der Waals surface area contributed by atoms with Gasteiger partial charge in [0.2, 0.25) is 0 Å². The van der Waals surface area contributed by atoms with Crippen molar-refractivity contribution in [2.45, 2.75) is 6.92 Å². The van der Waals surface area contributed by atoms with Gasteiger partial charge in [0.1, 0.15) is 33.0 Å². The van der Waals surface area contributed by atoms with Crippen LogP contribution in [0.15, 0.2) is 35.2 Å². The van der Waals surface area contributed by atoms with Crippen LogP contribution in [0.25, 0.3) is 21.3 Å². The molecule has 0 spiro atoms. The van der Waals surface area contributed by atoms with Gasteiger partial charge in [-0.15, -0.1) is 11.3 Å². The normalized spacial score (nSPS) is 10.7. The van der Waals surface area contributed by atoms with Gasteiger partial charge in [0, 0.05) is 17.1 Å². The van der Waals surface area contributed by atoms with Crippen LogP contribution in [0.4, 0.5) is 17.3 Å². The van der Waals surface area contributed by atoms with E-state index in [1.54, 1.807) is 12.3 Å². The SMILES string of the molecule is Cc1ccnc(NC(=O)c2sc3nc(N)c(C#N)c(-c4ccsc4)c3c2N)c1. The van der Waals surface area contributed by atoms with Crippen molar-refractivity contribution in [2.75, 3.05) is 16.8 Å². The minimum Gasteiger partial charge on any atom is -0.397 e. The maximum absolute atomic E-state index is 12.8. The standard InChI is InChI=1S/C19H14N6OS2/c1-9-2-4-23-12(6-9)24-18(26)16-15(21)14-13(10-3-5-27-8-10)11(7-20)17(22)25-19(14)28-16/h2-6,8H,21H2,1H3,(H2,22,25)(H,23,24,26). The van der Waals surface area contributed by atoms with Gasteiger partial charge in [-0.2, -0.15) is 16.6 Å². The number of hydrogen-bond donors (Lipinski definition) is 3. The Kier molecular flexibility index (Phi) is 4.43. The molecule has 0 saturated carbocycles. The minimum atomic E-state index is -0.382. The predicted molar refractivity (Wildman–Crippen MR) is 113 cm³/mol. The molecule has 5 N–H and O–H groups in total. The van der Waals surface area contributed by atoms with Crippen molar-refractivity contribution in [3.63, 3.8) is 0 Å². The third-order valence-electron chi connectivity index (χ3n) is 4.19. The van der Waals surface area contributed by atoms with Gasteiger partial charge < -0.3 is 16.8 Å². The fraction of sp³-hybridized carbons (Fsp3) is 0.0526. The number of hydrogen-bond acceptors (Lipinski definition) is 8. The summed E-state index contributed by atoms with van der Waals surface area (Å²) in [6, 6.07) is 7.60. The Bertz CT molecular complexity index is 1250. The van der Waals surface area contributed by atoms with Gasteiger partial charge in [-0.25, -0.2) is 9.97 Å². The van der Waals surface area contributed by atoms with Crippen molar-refractivity contribution in [2.24, 2.45) is 0 Å². The first-order chi connectivity index (χ1) is 13.5. The van der Waals surface area contributed by atoms with E-state index >= 15 is 0 Å². The van der Waals surface area contributed by atoms with Crippen LogP contribution in [-0.2, 0) is 0 Å². The van der Waals surface area contributed by atoms with E-state index in [-0.39, 0.29) is 23.0 Å². The zero-order chi connectivity index (χ0) is 19.8. The summed E-state index contributed by atoms with van der Waals surface area (Å²) in [5, 5.41) is 16.7. The van der Waals surface area contributed by atoms with Crippen LogP contribution in [-0.4, -0.2) is 15.9 Å². The second kappa shape index (κ2) is 6.92. The number of nitriles is 1. The van der Waals surface area contributed by atoms with E-state index in [9.17, 15) is 10.1 Å². The second-order valence-electron chi connectivity index (χ2n) is 6.07. The van der Waals surface area contributed by atoms with Gasteiger partial charge in [0.15, 0.2) is 0 Å².